The molecular weight excluding hydrogens is 285 g/mol. The zero-order valence-electron chi connectivity index (χ0n) is 10.7. The van der Waals surface area contributed by atoms with Crippen LogP contribution in [0.2, 0.25) is 10.0 Å². The molecule has 0 unspecified atom stereocenters. The molecule has 1 amide bonds. The van der Waals surface area contributed by atoms with Gasteiger partial charge in [-0.2, -0.15) is 0 Å². The SMILES string of the molecule is CCC(=O)N(c1ccc(Cl)c(Cl)c1)[C@@H]1CCCC1=O. The number of halogens is 2. The fourth-order valence-electron chi connectivity index (χ4n) is 2.37. The second kappa shape index (κ2) is 5.93. The first-order chi connectivity index (χ1) is 9.04. The van der Waals surface area contributed by atoms with Crippen molar-refractivity contribution in [1.82, 2.24) is 0 Å². The highest BCUT2D eigenvalue weighted by molar-refractivity contribution is 6.42. The van der Waals surface area contributed by atoms with Gasteiger partial charge in [-0.3, -0.25) is 9.59 Å². The number of hydrogen-bond acceptors (Lipinski definition) is 2. The van der Waals surface area contributed by atoms with E-state index < -0.39 is 0 Å². The van der Waals surface area contributed by atoms with Crippen molar-refractivity contribution in [3.63, 3.8) is 0 Å². The number of carbonyl (C=O) groups excluding carboxylic acids is 2. The van der Waals surface area contributed by atoms with Crippen LogP contribution in [-0.2, 0) is 9.59 Å². The topological polar surface area (TPSA) is 37.4 Å². The smallest absolute Gasteiger partial charge is 0.227 e. The molecule has 0 spiro atoms. The highest BCUT2D eigenvalue weighted by Gasteiger charge is 2.33. The van der Waals surface area contributed by atoms with Crippen LogP contribution in [0, 0.1) is 0 Å². The molecule has 0 N–H and O–H groups in total. The minimum Gasteiger partial charge on any atom is -0.302 e. The Hall–Kier alpha value is -1.06. The highest BCUT2D eigenvalue weighted by Crippen LogP contribution is 2.31. The maximum atomic E-state index is 12.1. The Balaban J connectivity index is 2.39. The maximum absolute atomic E-state index is 12.1. The average Bonchev–Trinajstić information content (AvgIpc) is 2.80. The Morgan fingerprint density at radius 1 is 1.37 bits per heavy atom. The first kappa shape index (κ1) is 14.4. The lowest BCUT2D eigenvalue weighted by molar-refractivity contribution is -0.123. The van der Waals surface area contributed by atoms with Crippen LogP contribution in [0.4, 0.5) is 5.69 Å². The van der Waals surface area contributed by atoms with Crippen LogP contribution >= 0.6 is 23.2 Å². The number of ketones is 1. The van der Waals surface area contributed by atoms with E-state index in [1.54, 1.807) is 30.0 Å². The lowest BCUT2D eigenvalue weighted by Crippen LogP contribution is -2.42. The summed E-state index contributed by atoms with van der Waals surface area (Å²) in [7, 11) is 0. The van der Waals surface area contributed by atoms with Crippen LogP contribution < -0.4 is 4.90 Å². The van der Waals surface area contributed by atoms with E-state index in [2.05, 4.69) is 0 Å². The summed E-state index contributed by atoms with van der Waals surface area (Å²) in [6, 6.07) is 4.66. The Bertz CT molecular complexity index is 516. The normalized spacial score (nSPS) is 18.7. The van der Waals surface area contributed by atoms with Crippen LogP contribution in [0.1, 0.15) is 32.6 Å². The molecule has 1 atom stereocenters. The van der Waals surface area contributed by atoms with Crippen molar-refractivity contribution in [3.05, 3.63) is 28.2 Å². The van der Waals surface area contributed by atoms with E-state index in [9.17, 15) is 9.59 Å². The van der Waals surface area contributed by atoms with Gasteiger partial charge in [-0.05, 0) is 31.0 Å². The standard InChI is InChI=1S/C14H15Cl2NO2/c1-2-14(19)17(12-4-3-5-13(12)18)9-6-7-10(15)11(16)8-9/h6-8,12H,2-5H2,1H3/t12-/m1/s1. The quantitative estimate of drug-likeness (QED) is 0.850. The molecule has 0 bridgehead atoms. The summed E-state index contributed by atoms with van der Waals surface area (Å²) in [4.78, 5) is 25.6. The summed E-state index contributed by atoms with van der Waals surface area (Å²) in [6.07, 6.45) is 2.44. The van der Waals surface area contributed by atoms with E-state index in [1.165, 1.54) is 0 Å². The van der Waals surface area contributed by atoms with Gasteiger partial charge in [0, 0.05) is 18.5 Å². The number of Topliss-reactive ketones (excluding diaryl/α,β-unsaturated/α-hetero) is 1. The molecular formula is C14H15Cl2NO2. The number of rotatable bonds is 3. The van der Waals surface area contributed by atoms with Crippen LogP contribution in [0.5, 0.6) is 0 Å². The van der Waals surface area contributed by atoms with E-state index in [-0.39, 0.29) is 17.7 Å². The molecule has 3 nitrogen and oxygen atoms in total. The van der Waals surface area contributed by atoms with E-state index in [0.29, 0.717) is 35.0 Å². The van der Waals surface area contributed by atoms with Crippen LogP contribution in [0.15, 0.2) is 18.2 Å². The van der Waals surface area contributed by atoms with E-state index in [1.807, 2.05) is 0 Å². The molecule has 0 heterocycles. The number of anilines is 1. The maximum Gasteiger partial charge on any atom is 0.227 e. The first-order valence-corrected chi connectivity index (χ1v) is 7.10. The predicted molar refractivity (Wildman–Crippen MR) is 76.9 cm³/mol. The molecule has 0 aliphatic heterocycles. The zero-order valence-corrected chi connectivity index (χ0v) is 12.2. The lowest BCUT2D eigenvalue weighted by Gasteiger charge is -2.28. The summed E-state index contributed by atoms with van der Waals surface area (Å²) in [5.41, 5.74) is 0.640. The molecule has 19 heavy (non-hydrogen) atoms. The third-order valence-electron chi connectivity index (χ3n) is 3.34. The molecule has 1 aromatic rings. The first-order valence-electron chi connectivity index (χ1n) is 6.34. The van der Waals surface area contributed by atoms with Crippen LogP contribution in [-0.4, -0.2) is 17.7 Å². The van der Waals surface area contributed by atoms with E-state index >= 15 is 0 Å². The van der Waals surface area contributed by atoms with Gasteiger partial charge in [-0.25, -0.2) is 0 Å². The number of nitrogens with zero attached hydrogens (tertiary/aromatic N) is 1. The minimum atomic E-state index is -0.357. The molecule has 0 aromatic heterocycles. The van der Waals surface area contributed by atoms with Gasteiger partial charge in [0.2, 0.25) is 5.91 Å². The number of benzene rings is 1. The highest BCUT2D eigenvalue weighted by atomic mass is 35.5. The van der Waals surface area contributed by atoms with Crippen LogP contribution in [0.3, 0.4) is 0 Å². The van der Waals surface area contributed by atoms with Gasteiger partial charge in [0.1, 0.15) is 0 Å². The average molecular weight is 300 g/mol. The molecule has 102 valence electrons. The summed E-state index contributed by atoms with van der Waals surface area (Å²) < 4.78 is 0. The molecule has 5 heteroatoms. The van der Waals surface area contributed by atoms with Gasteiger partial charge in [0.15, 0.2) is 5.78 Å². The third kappa shape index (κ3) is 2.93. The van der Waals surface area contributed by atoms with Crippen molar-refractivity contribution in [1.29, 1.82) is 0 Å². The fraction of sp³-hybridized carbons (Fsp3) is 0.429. The minimum absolute atomic E-state index is 0.0707. The summed E-state index contributed by atoms with van der Waals surface area (Å²) in [5, 5.41) is 0.825. The largest absolute Gasteiger partial charge is 0.302 e. The van der Waals surface area contributed by atoms with Gasteiger partial charge in [-0.15, -0.1) is 0 Å². The lowest BCUT2D eigenvalue weighted by atomic mass is 10.1. The molecule has 1 aliphatic carbocycles. The van der Waals surface area contributed by atoms with Crippen molar-refractivity contribution in [2.75, 3.05) is 4.90 Å². The van der Waals surface area contributed by atoms with Crippen molar-refractivity contribution < 1.29 is 9.59 Å². The van der Waals surface area contributed by atoms with Crippen LogP contribution in [0.25, 0.3) is 0 Å². The Morgan fingerprint density at radius 3 is 2.63 bits per heavy atom. The van der Waals surface area contributed by atoms with Gasteiger partial charge < -0.3 is 4.90 Å². The van der Waals surface area contributed by atoms with Gasteiger partial charge >= 0.3 is 0 Å². The fourth-order valence-corrected chi connectivity index (χ4v) is 2.67. The monoisotopic (exact) mass is 299 g/mol. The third-order valence-corrected chi connectivity index (χ3v) is 4.08. The number of hydrogen-bond donors (Lipinski definition) is 0. The molecule has 1 aliphatic rings. The Kier molecular flexibility index (Phi) is 4.48. The van der Waals surface area contributed by atoms with Crippen molar-refractivity contribution >= 4 is 40.6 Å². The molecule has 1 fully saturated rings. The van der Waals surface area contributed by atoms with E-state index in [4.69, 9.17) is 23.2 Å². The number of amides is 1. The summed E-state index contributed by atoms with van der Waals surface area (Å²) in [6.45, 7) is 1.78. The van der Waals surface area contributed by atoms with Gasteiger partial charge in [0.25, 0.3) is 0 Å². The molecule has 1 saturated carbocycles. The molecule has 0 saturated heterocycles. The summed E-state index contributed by atoms with van der Waals surface area (Å²) >= 11 is 11.9. The molecule has 0 radical (unpaired) electrons. The molecule has 2 rings (SSSR count). The van der Waals surface area contributed by atoms with Crippen molar-refractivity contribution in [2.24, 2.45) is 0 Å². The second-order valence-corrected chi connectivity index (χ2v) is 5.40. The predicted octanol–water partition coefficient (Wildman–Crippen LogP) is 3.86. The second-order valence-electron chi connectivity index (χ2n) is 4.59. The van der Waals surface area contributed by atoms with Gasteiger partial charge in [-0.1, -0.05) is 30.1 Å². The van der Waals surface area contributed by atoms with Crippen molar-refractivity contribution in [2.45, 2.75) is 38.6 Å². The Labute approximate surface area is 122 Å². The van der Waals surface area contributed by atoms with Gasteiger partial charge in [0.05, 0.1) is 16.1 Å². The Morgan fingerprint density at radius 2 is 2.11 bits per heavy atom. The van der Waals surface area contributed by atoms with E-state index in [0.717, 1.165) is 6.42 Å². The zero-order chi connectivity index (χ0) is 14.0. The van der Waals surface area contributed by atoms with Crippen molar-refractivity contribution in [3.8, 4) is 0 Å². The molecule has 1 aromatic carbocycles. The summed E-state index contributed by atoms with van der Waals surface area (Å²) in [5.74, 6) is 0.0477. The number of carbonyl (C=O) groups is 2.